The molecular weight excluding hydrogens is 370 g/mol. The number of amides is 1. The summed E-state index contributed by atoms with van der Waals surface area (Å²) in [4.78, 5) is 19.0. The third-order valence-corrected chi connectivity index (χ3v) is 5.68. The number of aryl methyl sites for hydroxylation is 1. The van der Waals surface area contributed by atoms with Gasteiger partial charge in [-0.2, -0.15) is 10.1 Å². The zero-order valence-corrected chi connectivity index (χ0v) is 16.2. The molecule has 0 radical (unpaired) electrons. The second-order valence-corrected chi connectivity index (χ2v) is 8.09. The van der Waals surface area contributed by atoms with E-state index in [9.17, 15) is 9.90 Å². The minimum atomic E-state index is -0.546. The van der Waals surface area contributed by atoms with E-state index >= 15 is 0 Å². The Labute approximate surface area is 167 Å². The lowest BCUT2D eigenvalue weighted by Gasteiger charge is -2.16. The van der Waals surface area contributed by atoms with Gasteiger partial charge in [-0.1, -0.05) is 17.3 Å². The van der Waals surface area contributed by atoms with Crippen LogP contribution in [0.5, 0.6) is 0 Å². The summed E-state index contributed by atoms with van der Waals surface area (Å²) in [5, 5.41) is 21.6. The average Bonchev–Trinajstić information content (AvgIpc) is 3.13. The monoisotopic (exact) mass is 393 g/mol. The molecule has 150 valence electrons. The second kappa shape index (κ2) is 7.11. The Morgan fingerprint density at radius 1 is 1.28 bits per heavy atom. The van der Waals surface area contributed by atoms with Crippen molar-refractivity contribution in [3.8, 4) is 11.4 Å². The Kier molecular flexibility index (Phi) is 4.43. The van der Waals surface area contributed by atoms with Crippen LogP contribution in [-0.4, -0.2) is 55.4 Å². The van der Waals surface area contributed by atoms with Gasteiger partial charge in [0.15, 0.2) is 0 Å². The molecular formula is C21H23N5O3. The van der Waals surface area contributed by atoms with Gasteiger partial charge in [-0.3, -0.25) is 9.89 Å². The van der Waals surface area contributed by atoms with E-state index in [-0.39, 0.29) is 11.8 Å². The molecule has 8 heteroatoms. The molecule has 1 saturated carbocycles. The number of carbonyl (C=O) groups excluding carboxylic acids is 1. The van der Waals surface area contributed by atoms with Gasteiger partial charge in [-0.05, 0) is 44.4 Å². The maximum atomic E-state index is 12.9. The summed E-state index contributed by atoms with van der Waals surface area (Å²) in [6, 6.07) is 9.21. The van der Waals surface area contributed by atoms with E-state index < -0.39 is 6.10 Å². The van der Waals surface area contributed by atoms with E-state index in [1.165, 1.54) is 0 Å². The predicted octanol–water partition coefficient (Wildman–Crippen LogP) is 2.32. The summed E-state index contributed by atoms with van der Waals surface area (Å²) < 4.78 is 5.30. The van der Waals surface area contributed by atoms with Crippen molar-refractivity contribution in [1.82, 2.24) is 25.2 Å². The molecule has 29 heavy (non-hydrogen) atoms. The summed E-state index contributed by atoms with van der Waals surface area (Å²) in [5.74, 6) is 1.57. The van der Waals surface area contributed by atoms with Gasteiger partial charge in [0.1, 0.15) is 0 Å². The van der Waals surface area contributed by atoms with Crippen molar-refractivity contribution >= 4 is 5.91 Å². The first kappa shape index (κ1) is 18.1. The van der Waals surface area contributed by atoms with Gasteiger partial charge in [0.05, 0.1) is 11.8 Å². The highest BCUT2D eigenvalue weighted by atomic mass is 16.5. The molecule has 3 heterocycles. The third kappa shape index (κ3) is 3.67. The van der Waals surface area contributed by atoms with Crippen LogP contribution in [-0.2, 0) is 6.42 Å². The summed E-state index contributed by atoms with van der Waals surface area (Å²) in [6.07, 6.45) is 2.32. The lowest BCUT2D eigenvalue weighted by Crippen LogP contribution is -2.29. The molecule has 2 N–H and O–H groups in total. The first-order valence-corrected chi connectivity index (χ1v) is 9.99. The lowest BCUT2D eigenvalue weighted by molar-refractivity contribution is 0.0764. The van der Waals surface area contributed by atoms with Crippen LogP contribution >= 0.6 is 0 Å². The zero-order chi connectivity index (χ0) is 20.0. The minimum Gasteiger partial charge on any atom is -0.391 e. The van der Waals surface area contributed by atoms with Crippen molar-refractivity contribution in [2.24, 2.45) is 5.92 Å². The van der Waals surface area contributed by atoms with E-state index in [1.807, 2.05) is 25.1 Å². The fraction of sp³-hybridized carbons (Fsp3) is 0.429. The Balaban J connectivity index is 1.25. The Morgan fingerprint density at radius 3 is 2.76 bits per heavy atom. The van der Waals surface area contributed by atoms with Crippen LogP contribution in [0.2, 0.25) is 0 Å². The normalized spacial score (nSPS) is 21.7. The first-order valence-electron chi connectivity index (χ1n) is 9.99. The Hall–Kier alpha value is -3.00. The quantitative estimate of drug-likeness (QED) is 0.689. The van der Waals surface area contributed by atoms with Crippen LogP contribution in [0.15, 0.2) is 34.9 Å². The van der Waals surface area contributed by atoms with Gasteiger partial charge in [-0.15, -0.1) is 0 Å². The van der Waals surface area contributed by atoms with E-state index in [2.05, 4.69) is 20.3 Å². The molecule has 2 unspecified atom stereocenters. The molecule has 1 aromatic carbocycles. The van der Waals surface area contributed by atoms with Gasteiger partial charge in [-0.25, -0.2) is 0 Å². The maximum absolute atomic E-state index is 12.9. The standard InChI is InChI=1S/C21H23N5O3/c1-12-8-17(24-23-12)9-16-10-26(11-18(16)27)21(28)15-6-2-13(3-7-15)19-22-20(29-25-19)14-4-5-14/h2-3,6-8,14,16,18,27H,4-5,9-11H2,1H3,(H,23,24). The molecule has 1 aliphatic heterocycles. The molecule has 5 rings (SSSR count). The number of rotatable bonds is 5. The number of likely N-dealkylation sites (tertiary alicyclic amines) is 1. The number of aliphatic hydroxyl groups excluding tert-OH is 1. The number of nitrogens with zero attached hydrogens (tertiary/aromatic N) is 4. The smallest absolute Gasteiger partial charge is 0.253 e. The molecule has 2 atom stereocenters. The number of benzene rings is 1. The SMILES string of the molecule is Cc1cc(CC2CN(C(=O)c3ccc(-c4noc(C5CC5)n4)cc3)CC2O)n[nH]1. The van der Waals surface area contributed by atoms with Crippen molar-refractivity contribution in [1.29, 1.82) is 0 Å². The molecule has 0 bridgehead atoms. The molecule has 1 aliphatic carbocycles. The number of aromatic nitrogens is 4. The fourth-order valence-corrected chi connectivity index (χ4v) is 3.86. The van der Waals surface area contributed by atoms with Gasteiger partial charge >= 0.3 is 0 Å². The van der Waals surface area contributed by atoms with Crippen LogP contribution in [0.1, 0.15) is 46.4 Å². The minimum absolute atomic E-state index is 0.0129. The number of H-pyrrole nitrogens is 1. The summed E-state index contributed by atoms with van der Waals surface area (Å²) in [5.41, 5.74) is 3.32. The van der Waals surface area contributed by atoms with Crippen LogP contribution in [0.4, 0.5) is 0 Å². The number of β-amino-alcohol motifs (C(OH)–C–C–N with tert-alkyl or cyclic N) is 1. The number of aliphatic hydroxyl groups is 1. The number of carbonyl (C=O) groups is 1. The molecule has 2 fully saturated rings. The second-order valence-electron chi connectivity index (χ2n) is 8.09. The topological polar surface area (TPSA) is 108 Å². The van der Waals surface area contributed by atoms with E-state index in [0.29, 0.717) is 42.7 Å². The maximum Gasteiger partial charge on any atom is 0.253 e. The Bertz CT molecular complexity index is 1020. The molecule has 2 aliphatic rings. The first-order chi connectivity index (χ1) is 14.1. The van der Waals surface area contributed by atoms with Gasteiger partial charge < -0.3 is 14.5 Å². The molecule has 1 amide bonds. The fourth-order valence-electron chi connectivity index (χ4n) is 3.86. The number of hydrogen-bond acceptors (Lipinski definition) is 6. The molecule has 0 spiro atoms. The average molecular weight is 393 g/mol. The number of nitrogens with one attached hydrogen (secondary N) is 1. The van der Waals surface area contributed by atoms with Crippen molar-refractivity contribution in [2.75, 3.05) is 13.1 Å². The van der Waals surface area contributed by atoms with Crippen molar-refractivity contribution < 1.29 is 14.4 Å². The predicted molar refractivity (Wildman–Crippen MR) is 104 cm³/mol. The zero-order valence-electron chi connectivity index (χ0n) is 16.2. The summed E-state index contributed by atoms with van der Waals surface area (Å²) in [6.45, 7) is 2.80. The van der Waals surface area contributed by atoms with E-state index in [1.54, 1.807) is 17.0 Å². The molecule has 3 aromatic rings. The van der Waals surface area contributed by atoms with Crippen LogP contribution in [0.3, 0.4) is 0 Å². The van der Waals surface area contributed by atoms with E-state index in [4.69, 9.17) is 4.52 Å². The Morgan fingerprint density at radius 2 is 2.07 bits per heavy atom. The highest BCUT2D eigenvalue weighted by Gasteiger charge is 2.35. The summed E-state index contributed by atoms with van der Waals surface area (Å²) >= 11 is 0. The van der Waals surface area contributed by atoms with Crippen molar-refractivity contribution in [3.63, 3.8) is 0 Å². The highest BCUT2D eigenvalue weighted by molar-refractivity contribution is 5.94. The molecule has 2 aromatic heterocycles. The van der Waals surface area contributed by atoms with Crippen molar-refractivity contribution in [3.05, 3.63) is 53.2 Å². The van der Waals surface area contributed by atoms with Gasteiger partial charge in [0.2, 0.25) is 11.7 Å². The van der Waals surface area contributed by atoms with Crippen molar-refractivity contribution in [2.45, 2.75) is 38.2 Å². The van der Waals surface area contributed by atoms with Gasteiger partial charge in [0.25, 0.3) is 5.91 Å². The molecule has 1 saturated heterocycles. The van der Waals surface area contributed by atoms with E-state index in [0.717, 1.165) is 29.8 Å². The third-order valence-electron chi connectivity index (χ3n) is 5.68. The van der Waals surface area contributed by atoms with Crippen LogP contribution in [0.25, 0.3) is 11.4 Å². The van der Waals surface area contributed by atoms with Crippen LogP contribution < -0.4 is 0 Å². The van der Waals surface area contributed by atoms with Gasteiger partial charge in [0, 0.05) is 41.7 Å². The number of hydrogen-bond donors (Lipinski definition) is 2. The molecule has 8 nitrogen and oxygen atoms in total. The summed E-state index contributed by atoms with van der Waals surface area (Å²) in [7, 11) is 0. The largest absolute Gasteiger partial charge is 0.391 e. The van der Waals surface area contributed by atoms with Crippen LogP contribution in [0, 0.1) is 12.8 Å². The highest BCUT2D eigenvalue weighted by Crippen LogP contribution is 2.39. The lowest BCUT2D eigenvalue weighted by atomic mass is 10.00. The number of aromatic amines is 1.